The van der Waals surface area contributed by atoms with E-state index >= 15 is 0 Å². The Kier molecular flexibility index (Phi) is 9.37. The van der Waals surface area contributed by atoms with Crippen molar-refractivity contribution in [2.45, 2.75) is 66.8 Å². The molecular formula is C23H33ClN4O3. The molecular weight excluding hydrogens is 416 g/mol. The molecule has 2 aromatic rings. The minimum Gasteiger partial charge on any atom is -0.493 e. The largest absolute Gasteiger partial charge is 0.493 e. The third-order valence-corrected chi connectivity index (χ3v) is 5.19. The van der Waals surface area contributed by atoms with Gasteiger partial charge in [0.2, 0.25) is 11.8 Å². The number of amides is 2. The van der Waals surface area contributed by atoms with E-state index in [1.165, 1.54) is 0 Å². The molecule has 1 aromatic carbocycles. The Bertz CT molecular complexity index is 908. The summed E-state index contributed by atoms with van der Waals surface area (Å²) in [7, 11) is 0. The van der Waals surface area contributed by atoms with E-state index in [0.29, 0.717) is 30.4 Å². The Morgan fingerprint density at radius 2 is 1.81 bits per heavy atom. The predicted molar refractivity (Wildman–Crippen MR) is 122 cm³/mol. The molecule has 1 heterocycles. The SMILES string of the molecule is Cc1cc(Cl)ccc1OCCCC(=O)NNC(=O)CCc1c(C)nn(CC(C)C)c1C. The lowest BCUT2D eigenvalue weighted by atomic mass is 10.1. The zero-order chi connectivity index (χ0) is 23.0. The number of halogens is 1. The first-order valence-electron chi connectivity index (χ1n) is 10.7. The van der Waals surface area contributed by atoms with E-state index in [2.05, 4.69) is 29.8 Å². The Morgan fingerprint density at radius 3 is 2.45 bits per heavy atom. The van der Waals surface area contributed by atoms with Crippen LogP contribution in [0.5, 0.6) is 5.75 Å². The van der Waals surface area contributed by atoms with E-state index in [1.807, 2.05) is 37.6 Å². The number of rotatable bonds is 10. The fourth-order valence-corrected chi connectivity index (χ4v) is 3.54. The Labute approximate surface area is 189 Å². The fourth-order valence-electron chi connectivity index (χ4n) is 3.31. The highest BCUT2D eigenvalue weighted by Gasteiger charge is 2.14. The Hall–Kier alpha value is -2.54. The van der Waals surface area contributed by atoms with Crippen molar-refractivity contribution in [2.75, 3.05) is 6.61 Å². The second-order valence-electron chi connectivity index (χ2n) is 8.18. The molecule has 2 amide bonds. The first kappa shape index (κ1) is 24.7. The minimum absolute atomic E-state index is 0.225. The molecule has 0 spiro atoms. The number of nitrogens with one attached hydrogen (secondary N) is 2. The number of aryl methyl sites for hydroxylation is 2. The van der Waals surface area contributed by atoms with Crippen molar-refractivity contribution in [3.05, 3.63) is 45.7 Å². The van der Waals surface area contributed by atoms with Crippen molar-refractivity contribution in [3.8, 4) is 5.75 Å². The second kappa shape index (κ2) is 11.7. The van der Waals surface area contributed by atoms with Gasteiger partial charge in [0.05, 0.1) is 12.3 Å². The fraction of sp³-hybridized carbons (Fsp3) is 0.522. The summed E-state index contributed by atoms with van der Waals surface area (Å²) in [5.41, 5.74) is 9.04. The second-order valence-corrected chi connectivity index (χ2v) is 8.62. The molecule has 2 N–H and O–H groups in total. The van der Waals surface area contributed by atoms with Gasteiger partial charge < -0.3 is 4.74 Å². The molecule has 0 aliphatic heterocycles. The molecule has 170 valence electrons. The number of ether oxygens (including phenoxy) is 1. The molecule has 7 nitrogen and oxygen atoms in total. The minimum atomic E-state index is -0.248. The maximum atomic E-state index is 12.1. The molecule has 0 aliphatic carbocycles. The lowest BCUT2D eigenvalue weighted by molar-refractivity contribution is -0.129. The number of hydrazine groups is 1. The van der Waals surface area contributed by atoms with Gasteiger partial charge in [0, 0.05) is 30.1 Å². The Balaban J connectivity index is 1.67. The lowest BCUT2D eigenvalue weighted by Gasteiger charge is -2.10. The number of carbonyl (C=O) groups is 2. The lowest BCUT2D eigenvalue weighted by Crippen LogP contribution is -2.41. The van der Waals surface area contributed by atoms with Gasteiger partial charge in [-0.05, 0) is 68.9 Å². The van der Waals surface area contributed by atoms with Crippen LogP contribution >= 0.6 is 11.6 Å². The highest BCUT2D eigenvalue weighted by Crippen LogP contribution is 2.22. The third-order valence-electron chi connectivity index (χ3n) is 4.96. The molecule has 2 rings (SSSR count). The highest BCUT2D eigenvalue weighted by atomic mass is 35.5. The number of hydrogen-bond donors (Lipinski definition) is 2. The number of hydrogen-bond acceptors (Lipinski definition) is 4. The Morgan fingerprint density at radius 1 is 1.13 bits per heavy atom. The molecule has 0 bridgehead atoms. The van der Waals surface area contributed by atoms with Crippen LogP contribution in [0.2, 0.25) is 5.02 Å². The van der Waals surface area contributed by atoms with E-state index in [-0.39, 0.29) is 24.7 Å². The first-order valence-corrected chi connectivity index (χ1v) is 11.0. The summed E-state index contributed by atoms with van der Waals surface area (Å²) in [6, 6.07) is 5.41. The normalized spacial score (nSPS) is 10.9. The molecule has 1 aromatic heterocycles. The van der Waals surface area contributed by atoms with E-state index in [0.717, 1.165) is 34.8 Å². The average molecular weight is 449 g/mol. The van der Waals surface area contributed by atoms with Crippen LogP contribution in [-0.2, 0) is 22.6 Å². The zero-order valence-electron chi connectivity index (χ0n) is 19.0. The van der Waals surface area contributed by atoms with Crippen molar-refractivity contribution in [3.63, 3.8) is 0 Å². The van der Waals surface area contributed by atoms with Gasteiger partial charge in [-0.1, -0.05) is 25.4 Å². The average Bonchev–Trinajstić information content (AvgIpc) is 2.95. The number of carbonyl (C=O) groups excluding carboxylic acids is 2. The summed E-state index contributed by atoms with van der Waals surface area (Å²) >= 11 is 5.92. The van der Waals surface area contributed by atoms with Gasteiger partial charge in [-0.25, -0.2) is 0 Å². The molecule has 0 unspecified atom stereocenters. The van der Waals surface area contributed by atoms with E-state index in [4.69, 9.17) is 16.3 Å². The van der Waals surface area contributed by atoms with Crippen LogP contribution in [0.15, 0.2) is 18.2 Å². The summed E-state index contributed by atoms with van der Waals surface area (Å²) < 4.78 is 7.67. The van der Waals surface area contributed by atoms with Crippen LogP contribution in [0.3, 0.4) is 0 Å². The van der Waals surface area contributed by atoms with Gasteiger partial charge in [0.25, 0.3) is 0 Å². The first-order chi connectivity index (χ1) is 14.7. The standard InChI is InChI=1S/C23H33ClN4O3/c1-15(2)14-28-18(5)20(17(4)27-28)9-11-23(30)26-25-22(29)7-6-12-31-21-10-8-19(24)13-16(21)3/h8,10,13,15H,6-7,9,11-12,14H2,1-5H3,(H,25,29)(H,26,30). The highest BCUT2D eigenvalue weighted by molar-refractivity contribution is 6.30. The molecule has 8 heteroatoms. The molecule has 0 fully saturated rings. The summed E-state index contributed by atoms with van der Waals surface area (Å²) in [6.45, 7) is 11.5. The smallest absolute Gasteiger partial charge is 0.238 e. The van der Waals surface area contributed by atoms with Crippen molar-refractivity contribution < 1.29 is 14.3 Å². The summed E-state index contributed by atoms with van der Waals surface area (Å²) in [6.07, 6.45) is 1.67. The van der Waals surface area contributed by atoms with Gasteiger partial charge in [0.15, 0.2) is 0 Å². The molecule has 0 saturated carbocycles. The van der Waals surface area contributed by atoms with Crippen LogP contribution < -0.4 is 15.6 Å². The van der Waals surface area contributed by atoms with E-state index in [9.17, 15) is 9.59 Å². The van der Waals surface area contributed by atoms with Gasteiger partial charge in [0.1, 0.15) is 5.75 Å². The zero-order valence-corrected chi connectivity index (χ0v) is 19.8. The van der Waals surface area contributed by atoms with Gasteiger partial charge in [-0.15, -0.1) is 0 Å². The molecule has 0 atom stereocenters. The predicted octanol–water partition coefficient (Wildman–Crippen LogP) is 4.06. The maximum absolute atomic E-state index is 12.1. The molecule has 0 radical (unpaired) electrons. The number of nitrogens with zero attached hydrogens (tertiary/aromatic N) is 2. The monoisotopic (exact) mass is 448 g/mol. The maximum Gasteiger partial charge on any atom is 0.238 e. The van der Waals surface area contributed by atoms with Gasteiger partial charge in [-0.2, -0.15) is 5.10 Å². The summed E-state index contributed by atoms with van der Waals surface area (Å²) in [5.74, 6) is 0.782. The summed E-state index contributed by atoms with van der Waals surface area (Å²) in [4.78, 5) is 24.1. The number of aromatic nitrogens is 2. The number of benzene rings is 1. The molecule has 31 heavy (non-hydrogen) atoms. The van der Waals surface area contributed by atoms with Gasteiger partial charge in [-0.3, -0.25) is 25.1 Å². The quantitative estimate of drug-likeness (QED) is 0.424. The van der Waals surface area contributed by atoms with Crippen molar-refractivity contribution in [1.82, 2.24) is 20.6 Å². The third kappa shape index (κ3) is 7.90. The molecule has 0 aliphatic rings. The van der Waals surface area contributed by atoms with Crippen molar-refractivity contribution in [1.29, 1.82) is 0 Å². The topological polar surface area (TPSA) is 85.2 Å². The van der Waals surface area contributed by atoms with Crippen LogP contribution in [0.25, 0.3) is 0 Å². The summed E-state index contributed by atoms with van der Waals surface area (Å²) in [5, 5.41) is 5.23. The van der Waals surface area contributed by atoms with Crippen LogP contribution in [0.4, 0.5) is 0 Å². The van der Waals surface area contributed by atoms with E-state index in [1.54, 1.807) is 6.07 Å². The van der Waals surface area contributed by atoms with Crippen LogP contribution in [0, 0.1) is 26.7 Å². The molecule has 0 saturated heterocycles. The van der Waals surface area contributed by atoms with Crippen molar-refractivity contribution >= 4 is 23.4 Å². The van der Waals surface area contributed by atoms with Crippen LogP contribution in [-0.4, -0.2) is 28.2 Å². The van der Waals surface area contributed by atoms with Gasteiger partial charge >= 0.3 is 0 Å². The van der Waals surface area contributed by atoms with Crippen molar-refractivity contribution in [2.24, 2.45) is 5.92 Å². The van der Waals surface area contributed by atoms with E-state index < -0.39 is 0 Å². The van der Waals surface area contributed by atoms with Crippen LogP contribution in [0.1, 0.15) is 55.6 Å².